The number of likely N-dealkylation sites (N-methyl/N-ethyl adjacent to an activating group) is 1. The Morgan fingerprint density at radius 2 is 1.90 bits per heavy atom. The van der Waals surface area contributed by atoms with E-state index in [1.165, 1.54) is 5.56 Å². The van der Waals surface area contributed by atoms with Gasteiger partial charge < -0.3 is 15.1 Å². The number of nitrogens with zero attached hydrogens (tertiary/aromatic N) is 3. The average Bonchev–Trinajstić information content (AvgIpc) is 3.47. The average molecular weight is 386 g/mol. The van der Waals surface area contributed by atoms with E-state index in [0.29, 0.717) is 6.04 Å². The van der Waals surface area contributed by atoms with E-state index < -0.39 is 0 Å². The summed E-state index contributed by atoms with van der Waals surface area (Å²) in [6.07, 6.45) is 3.77. The minimum atomic E-state index is -0.275. The van der Waals surface area contributed by atoms with Crippen LogP contribution in [0.5, 0.6) is 0 Å². The van der Waals surface area contributed by atoms with Gasteiger partial charge in [0.2, 0.25) is 0 Å². The smallest absolute Gasteiger partial charge is 0.252 e. The van der Waals surface area contributed by atoms with Gasteiger partial charge in [0, 0.05) is 42.0 Å². The van der Waals surface area contributed by atoms with Gasteiger partial charge in [0.15, 0.2) is 0 Å². The van der Waals surface area contributed by atoms with E-state index >= 15 is 0 Å². The Labute approximate surface area is 171 Å². The van der Waals surface area contributed by atoms with Crippen LogP contribution in [0.2, 0.25) is 0 Å². The number of amides is 1. The molecule has 5 heteroatoms. The molecule has 1 aliphatic carbocycles. The van der Waals surface area contributed by atoms with Crippen molar-refractivity contribution in [3.05, 3.63) is 71.9 Å². The van der Waals surface area contributed by atoms with Gasteiger partial charge in [0.25, 0.3) is 5.91 Å². The van der Waals surface area contributed by atoms with Gasteiger partial charge in [-0.15, -0.1) is 0 Å². The molecule has 2 heterocycles. The third kappa shape index (κ3) is 3.25. The molecule has 2 fully saturated rings. The summed E-state index contributed by atoms with van der Waals surface area (Å²) in [4.78, 5) is 22.2. The van der Waals surface area contributed by atoms with Crippen molar-refractivity contribution in [2.24, 2.45) is 0 Å². The van der Waals surface area contributed by atoms with Crippen LogP contribution in [0, 0.1) is 0 Å². The summed E-state index contributed by atoms with van der Waals surface area (Å²) < 4.78 is 0. The highest BCUT2D eigenvalue weighted by Gasteiger charge is 2.46. The summed E-state index contributed by atoms with van der Waals surface area (Å²) in [6.45, 7) is 2.01. The standard InChI is InChI=1S/C24H26N4O/c1-27(2)19-15-28(16-19)18-7-5-6-17(14-18)23(29)26-24(11-12-24)21-10-13-25-22-9-4-3-8-20(21)22/h3-10,13-14,19H,11-12,15-16H2,1-2H3,(H,26,29). The van der Waals surface area contributed by atoms with Crippen molar-refractivity contribution < 1.29 is 4.79 Å². The Morgan fingerprint density at radius 3 is 2.66 bits per heavy atom. The monoisotopic (exact) mass is 386 g/mol. The molecule has 1 N–H and O–H groups in total. The number of aromatic nitrogens is 1. The van der Waals surface area contributed by atoms with Gasteiger partial charge in [-0.25, -0.2) is 0 Å². The molecule has 3 aromatic rings. The fourth-order valence-corrected chi connectivity index (χ4v) is 4.23. The van der Waals surface area contributed by atoms with Crippen molar-refractivity contribution >= 4 is 22.5 Å². The second-order valence-corrected chi connectivity index (χ2v) is 8.48. The maximum atomic E-state index is 13.1. The molecule has 1 aromatic heterocycles. The number of carbonyl (C=O) groups excluding carboxylic acids is 1. The number of anilines is 1. The first-order valence-electron chi connectivity index (χ1n) is 10.2. The first-order chi connectivity index (χ1) is 14.1. The van der Waals surface area contributed by atoms with Crippen molar-refractivity contribution in [1.82, 2.24) is 15.2 Å². The third-order valence-electron chi connectivity index (χ3n) is 6.33. The molecule has 0 bridgehead atoms. The highest BCUT2D eigenvalue weighted by molar-refractivity contribution is 5.96. The van der Waals surface area contributed by atoms with Gasteiger partial charge >= 0.3 is 0 Å². The van der Waals surface area contributed by atoms with Gasteiger partial charge in [-0.2, -0.15) is 0 Å². The number of hydrogen-bond acceptors (Lipinski definition) is 4. The SMILES string of the molecule is CN(C)C1CN(c2cccc(C(=O)NC3(c4ccnc5ccccc45)CC3)c2)C1. The first kappa shape index (κ1) is 18.1. The summed E-state index contributed by atoms with van der Waals surface area (Å²) in [6, 6.07) is 18.8. The summed E-state index contributed by atoms with van der Waals surface area (Å²) in [5.41, 5.74) is 3.71. The van der Waals surface area contributed by atoms with E-state index in [0.717, 1.165) is 48.1 Å². The lowest BCUT2D eigenvalue weighted by molar-refractivity contribution is 0.0931. The number of para-hydroxylation sites is 1. The lowest BCUT2D eigenvalue weighted by Gasteiger charge is -2.44. The lowest BCUT2D eigenvalue weighted by atomic mass is 9.99. The van der Waals surface area contributed by atoms with Crippen molar-refractivity contribution in [2.75, 3.05) is 32.1 Å². The molecule has 1 aliphatic heterocycles. The van der Waals surface area contributed by atoms with Crippen LogP contribution in [-0.2, 0) is 5.54 Å². The summed E-state index contributed by atoms with van der Waals surface area (Å²) in [5.74, 6) is -0.00470. The molecule has 2 aromatic carbocycles. The van der Waals surface area contributed by atoms with Crippen LogP contribution in [0.25, 0.3) is 10.9 Å². The van der Waals surface area contributed by atoms with Gasteiger partial charge in [0.1, 0.15) is 0 Å². The number of carbonyl (C=O) groups is 1. The molecular formula is C24H26N4O. The molecule has 0 atom stereocenters. The Bertz CT molecular complexity index is 1060. The summed E-state index contributed by atoms with van der Waals surface area (Å²) in [7, 11) is 4.23. The van der Waals surface area contributed by atoms with E-state index in [4.69, 9.17) is 0 Å². The van der Waals surface area contributed by atoms with E-state index in [1.807, 2.05) is 48.7 Å². The number of fused-ring (bicyclic) bond motifs is 1. The van der Waals surface area contributed by atoms with Crippen LogP contribution >= 0.6 is 0 Å². The predicted molar refractivity (Wildman–Crippen MR) is 116 cm³/mol. The molecule has 5 rings (SSSR count). The Kier molecular flexibility index (Phi) is 4.28. The molecule has 1 saturated carbocycles. The minimum absolute atomic E-state index is 0.00470. The van der Waals surface area contributed by atoms with Gasteiger partial charge in [-0.3, -0.25) is 9.78 Å². The fourth-order valence-electron chi connectivity index (χ4n) is 4.23. The van der Waals surface area contributed by atoms with Crippen LogP contribution in [-0.4, -0.2) is 49.0 Å². The molecule has 2 aliphatic rings. The van der Waals surface area contributed by atoms with E-state index in [9.17, 15) is 4.79 Å². The molecule has 0 radical (unpaired) electrons. The van der Waals surface area contributed by atoms with Crippen LogP contribution in [0.15, 0.2) is 60.8 Å². The highest BCUT2D eigenvalue weighted by atomic mass is 16.1. The zero-order valence-electron chi connectivity index (χ0n) is 16.9. The van der Waals surface area contributed by atoms with Crippen LogP contribution in [0.1, 0.15) is 28.8 Å². The molecule has 0 unspecified atom stereocenters. The minimum Gasteiger partial charge on any atom is -0.368 e. The number of nitrogens with one attached hydrogen (secondary N) is 1. The fraction of sp³-hybridized carbons (Fsp3) is 0.333. The summed E-state index contributed by atoms with van der Waals surface area (Å²) in [5, 5.41) is 4.45. The van der Waals surface area contributed by atoms with Crippen LogP contribution in [0.4, 0.5) is 5.69 Å². The van der Waals surface area contributed by atoms with Crippen molar-refractivity contribution in [1.29, 1.82) is 0 Å². The third-order valence-corrected chi connectivity index (χ3v) is 6.33. The van der Waals surface area contributed by atoms with E-state index in [-0.39, 0.29) is 11.4 Å². The molecule has 0 spiro atoms. The zero-order valence-corrected chi connectivity index (χ0v) is 16.9. The molecular weight excluding hydrogens is 360 g/mol. The largest absolute Gasteiger partial charge is 0.368 e. The molecule has 29 heavy (non-hydrogen) atoms. The predicted octanol–water partition coefficient (Wildman–Crippen LogP) is 3.40. The van der Waals surface area contributed by atoms with Gasteiger partial charge in [0.05, 0.1) is 11.1 Å². The number of pyridine rings is 1. The zero-order chi connectivity index (χ0) is 20.0. The number of hydrogen-bond donors (Lipinski definition) is 1. The van der Waals surface area contributed by atoms with Crippen molar-refractivity contribution in [2.45, 2.75) is 24.4 Å². The second kappa shape index (κ2) is 6.85. The molecule has 1 amide bonds. The van der Waals surface area contributed by atoms with E-state index in [2.05, 4.69) is 46.3 Å². The van der Waals surface area contributed by atoms with Crippen molar-refractivity contribution in [3.63, 3.8) is 0 Å². The van der Waals surface area contributed by atoms with Gasteiger partial charge in [-0.1, -0.05) is 24.3 Å². The molecule has 1 saturated heterocycles. The lowest BCUT2D eigenvalue weighted by Crippen LogP contribution is -2.57. The maximum absolute atomic E-state index is 13.1. The quantitative estimate of drug-likeness (QED) is 0.730. The van der Waals surface area contributed by atoms with E-state index in [1.54, 1.807) is 0 Å². The van der Waals surface area contributed by atoms with Crippen molar-refractivity contribution in [3.8, 4) is 0 Å². The van der Waals surface area contributed by atoms with Gasteiger partial charge in [-0.05, 0) is 62.8 Å². The number of benzene rings is 2. The Balaban J connectivity index is 1.36. The molecule has 5 nitrogen and oxygen atoms in total. The summed E-state index contributed by atoms with van der Waals surface area (Å²) >= 11 is 0. The van der Waals surface area contributed by atoms with Crippen LogP contribution < -0.4 is 10.2 Å². The Morgan fingerprint density at radius 1 is 1.10 bits per heavy atom. The Hall–Kier alpha value is -2.92. The second-order valence-electron chi connectivity index (χ2n) is 8.48. The maximum Gasteiger partial charge on any atom is 0.252 e. The molecule has 148 valence electrons. The topological polar surface area (TPSA) is 48.5 Å². The highest BCUT2D eigenvalue weighted by Crippen LogP contribution is 2.47. The normalized spacial score (nSPS) is 18.0. The first-order valence-corrected chi connectivity index (χ1v) is 10.2. The number of rotatable bonds is 5. The van der Waals surface area contributed by atoms with Crippen LogP contribution in [0.3, 0.4) is 0 Å².